The van der Waals surface area contributed by atoms with Gasteiger partial charge in [-0.05, 0) is 62.9 Å². The van der Waals surface area contributed by atoms with Crippen LogP contribution < -0.4 is 0 Å². The molecule has 112 valence electrons. The lowest BCUT2D eigenvalue weighted by molar-refractivity contribution is -0.128. The number of thiophene rings is 2. The number of amides is 1. The van der Waals surface area contributed by atoms with Gasteiger partial charge in [-0.1, -0.05) is 0 Å². The summed E-state index contributed by atoms with van der Waals surface area (Å²) in [4.78, 5) is 18.0. The van der Waals surface area contributed by atoms with E-state index in [1.807, 2.05) is 17.0 Å². The second-order valence-corrected chi connectivity index (χ2v) is 7.69. The summed E-state index contributed by atoms with van der Waals surface area (Å²) in [5, 5.41) is 2.08. The van der Waals surface area contributed by atoms with Crippen molar-refractivity contribution in [3.8, 4) is 0 Å². The van der Waals surface area contributed by atoms with E-state index in [4.69, 9.17) is 0 Å². The van der Waals surface area contributed by atoms with Crippen molar-refractivity contribution < 1.29 is 4.79 Å². The molecule has 0 radical (unpaired) electrons. The van der Waals surface area contributed by atoms with Crippen molar-refractivity contribution >= 4 is 34.7 Å². The summed E-state index contributed by atoms with van der Waals surface area (Å²) in [7, 11) is 0. The summed E-state index contributed by atoms with van der Waals surface area (Å²) in [6.07, 6.45) is 3.60. The molecule has 0 spiro atoms. The minimum absolute atomic E-state index is 0.0730. The largest absolute Gasteiger partial charge is 0.332 e. The third-order valence-electron chi connectivity index (χ3n) is 3.34. The first kappa shape index (κ1) is 16.0. The van der Waals surface area contributed by atoms with Crippen LogP contribution in [0, 0.1) is 13.8 Å². The predicted octanol–water partition coefficient (Wildman–Crippen LogP) is 4.88. The Balaban J connectivity index is 2.09. The summed E-state index contributed by atoms with van der Waals surface area (Å²) in [5.74, 6) is 0.0730. The SMILES string of the molecule is Cc1ccc(/C=C/C(=O)N(Cc2sccc2C)C(C)C)s1. The highest BCUT2D eigenvalue weighted by molar-refractivity contribution is 7.12. The normalized spacial score (nSPS) is 11.5. The number of carbonyl (C=O) groups is 1. The molecule has 0 aliphatic rings. The van der Waals surface area contributed by atoms with Crippen LogP contribution in [0.25, 0.3) is 6.08 Å². The maximum atomic E-state index is 12.5. The second kappa shape index (κ2) is 7.05. The van der Waals surface area contributed by atoms with Crippen LogP contribution >= 0.6 is 22.7 Å². The smallest absolute Gasteiger partial charge is 0.247 e. The lowest BCUT2D eigenvalue weighted by atomic mass is 10.2. The molecule has 2 aromatic rings. The van der Waals surface area contributed by atoms with E-state index < -0.39 is 0 Å². The molecule has 0 aromatic carbocycles. The summed E-state index contributed by atoms with van der Waals surface area (Å²) >= 11 is 3.42. The number of aryl methyl sites for hydroxylation is 2. The van der Waals surface area contributed by atoms with E-state index in [1.165, 1.54) is 15.3 Å². The highest BCUT2D eigenvalue weighted by atomic mass is 32.1. The third-order valence-corrected chi connectivity index (χ3v) is 5.31. The fourth-order valence-corrected chi connectivity index (χ4v) is 3.71. The zero-order valence-electron chi connectivity index (χ0n) is 12.9. The maximum Gasteiger partial charge on any atom is 0.247 e. The fraction of sp³-hybridized carbons (Fsp3) is 0.353. The van der Waals surface area contributed by atoms with Gasteiger partial charge in [-0.3, -0.25) is 4.79 Å². The Morgan fingerprint density at radius 2 is 2.05 bits per heavy atom. The Morgan fingerprint density at radius 1 is 1.29 bits per heavy atom. The van der Waals surface area contributed by atoms with Crippen LogP contribution in [0.3, 0.4) is 0 Å². The van der Waals surface area contributed by atoms with Crippen LogP contribution in [0.2, 0.25) is 0 Å². The van der Waals surface area contributed by atoms with E-state index in [2.05, 4.69) is 45.2 Å². The molecule has 2 rings (SSSR count). The molecule has 0 saturated heterocycles. The van der Waals surface area contributed by atoms with Gasteiger partial charge in [0.25, 0.3) is 0 Å². The van der Waals surface area contributed by atoms with E-state index in [9.17, 15) is 4.79 Å². The van der Waals surface area contributed by atoms with Crippen molar-refractivity contribution in [2.24, 2.45) is 0 Å². The Labute approximate surface area is 134 Å². The number of hydrogen-bond donors (Lipinski definition) is 0. The van der Waals surface area contributed by atoms with Crippen LogP contribution in [0.15, 0.2) is 29.7 Å². The van der Waals surface area contributed by atoms with Gasteiger partial charge in [0.05, 0.1) is 6.54 Å². The van der Waals surface area contributed by atoms with Crippen LogP contribution in [0.1, 0.15) is 34.0 Å². The van der Waals surface area contributed by atoms with Crippen LogP contribution in [-0.4, -0.2) is 16.8 Å². The molecule has 0 fully saturated rings. The molecule has 21 heavy (non-hydrogen) atoms. The minimum Gasteiger partial charge on any atom is -0.332 e. The quantitative estimate of drug-likeness (QED) is 0.719. The van der Waals surface area contributed by atoms with Gasteiger partial charge in [-0.25, -0.2) is 0 Å². The van der Waals surface area contributed by atoms with Gasteiger partial charge in [0.15, 0.2) is 0 Å². The van der Waals surface area contributed by atoms with Gasteiger partial charge in [0, 0.05) is 26.7 Å². The van der Waals surface area contributed by atoms with Gasteiger partial charge < -0.3 is 4.90 Å². The molecular formula is C17H21NOS2. The number of nitrogens with zero attached hydrogens (tertiary/aromatic N) is 1. The lowest BCUT2D eigenvalue weighted by Crippen LogP contribution is -2.35. The summed E-state index contributed by atoms with van der Waals surface area (Å²) in [6, 6.07) is 6.42. The van der Waals surface area contributed by atoms with Crippen molar-refractivity contribution in [3.63, 3.8) is 0 Å². The Bertz CT molecular complexity index is 637. The van der Waals surface area contributed by atoms with Crippen LogP contribution in [0.4, 0.5) is 0 Å². The number of carbonyl (C=O) groups excluding carboxylic acids is 1. The van der Waals surface area contributed by atoms with Crippen molar-refractivity contribution in [2.75, 3.05) is 0 Å². The van der Waals surface area contributed by atoms with Crippen molar-refractivity contribution in [1.82, 2.24) is 4.90 Å². The first-order valence-electron chi connectivity index (χ1n) is 7.05. The van der Waals surface area contributed by atoms with E-state index in [1.54, 1.807) is 28.7 Å². The first-order chi connectivity index (χ1) is 9.97. The second-order valence-electron chi connectivity index (χ2n) is 5.37. The molecule has 0 saturated carbocycles. The molecule has 2 heterocycles. The average molecular weight is 319 g/mol. The predicted molar refractivity (Wildman–Crippen MR) is 92.8 cm³/mol. The van der Waals surface area contributed by atoms with Gasteiger partial charge in [0.1, 0.15) is 0 Å². The Kier molecular flexibility index (Phi) is 5.37. The number of hydrogen-bond acceptors (Lipinski definition) is 3. The van der Waals surface area contributed by atoms with Crippen molar-refractivity contribution in [1.29, 1.82) is 0 Å². The van der Waals surface area contributed by atoms with Gasteiger partial charge in [-0.15, -0.1) is 22.7 Å². The molecule has 1 amide bonds. The van der Waals surface area contributed by atoms with Crippen LogP contribution in [-0.2, 0) is 11.3 Å². The molecule has 0 bridgehead atoms. The molecule has 0 N–H and O–H groups in total. The Hall–Kier alpha value is -1.39. The van der Waals surface area contributed by atoms with Crippen LogP contribution in [0.5, 0.6) is 0 Å². The summed E-state index contributed by atoms with van der Waals surface area (Å²) < 4.78 is 0. The van der Waals surface area contributed by atoms with Crippen molar-refractivity contribution in [2.45, 2.75) is 40.3 Å². The first-order valence-corrected chi connectivity index (χ1v) is 8.75. The van der Waals surface area contributed by atoms with E-state index in [0.717, 1.165) is 4.88 Å². The zero-order chi connectivity index (χ0) is 15.4. The van der Waals surface area contributed by atoms with E-state index >= 15 is 0 Å². The summed E-state index contributed by atoms with van der Waals surface area (Å²) in [5.41, 5.74) is 1.26. The third kappa shape index (κ3) is 4.29. The van der Waals surface area contributed by atoms with E-state index in [0.29, 0.717) is 6.54 Å². The molecule has 0 atom stereocenters. The average Bonchev–Trinajstić information content (AvgIpc) is 3.02. The topological polar surface area (TPSA) is 20.3 Å². The molecule has 0 aliphatic carbocycles. The molecule has 2 nitrogen and oxygen atoms in total. The standard InChI is InChI=1S/C17H21NOS2/c1-12(2)18(11-16-13(3)9-10-20-16)17(19)8-7-15-6-5-14(4)21-15/h5-10,12H,11H2,1-4H3/b8-7+. The van der Waals surface area contributed by atoms with Crippen molar-refractivity contribution in [3.05, 3.63) is 49.9 Å². The molecule has 4 heteroatoms. The minimum atomic E-state index is 0.0730. The zero-order valence-corrected chi connectivity index (χ0v) is 14.6. The summed E-state index contributed by atoms with van der Waals surface area (Å²) in [6.45, 7) is 8.98. The molecule has 2 aromatic heterocycles. The highest BCUT2D eigenvalue weighted by Gasteiger charge is 2.16. The van der Waals surface area contributed by atoms with Gasteiger partial charge in [0.2, 0.25) is 5.91 Å². The maximum absolute atomic E-state index is 12.5. The van der Waals surface area contributed by atoms with Gasteiger partial charge in [-0.2, -0.15) is 0 Å². The molecule has 0 unspecified atom stereocenters. The van der Waals surface area contributed by atoms with E-state index in [-0.39, 0.29) is 11.9 Å². The molecule has 0 aliphatic heterocycles. The van der Waals surface area contributed by atoms with Gasteiger partial charge >= 0.3 is 0 Å². The molecular weight excluding hydrogens is 298 g/mol. The fourth-order valence-electron chi connectivity index (χ4n) is 2.03. The monoisotopic (exact) mass is 319 g/mol. The Morgan fingerprint density at radius 3 is 2.57 bits per heavy atom. The lowest BCUT2D eigenvalue weighted by Gasteiger charge is -2.25. The highest BCUT2D eigenvalue weighted by Crippen LogP contribution is 2.20. The number of rotatable bonds is 5.